The van der Waals surface area contributed by atoms with E-state index < -0.39 is 5.92 Å². The first-order chi connectivity index (χ1) is 14.0. The molecule has 0 fully saturated rings. The van der Waals surface area contributed by atoms with Crippen molar-refractivity contribution >= 4 is 28.6 Å². The largest absolute Gasteiger partial charge is 0.383 e. The highest BCUT2D eigenvalue weighted by atomic mass is 19.1. The van der Waals surface area contributed by atoms with Crippen LogP contribution >= 0.6 is 0 Å². The number of nitrogens with one attached hydrogen (secondary N) is 1. The fourth-order valence-corrected chi connectivity index (χ4v) is 3.54. The summed E-state index contributed by atoms with van der Waals surface area (Å²) in [6, 6.07) is 10.1. The number of amides is 1. The fraction of sp³-hybridized carbons (Fsp3) is 0.150. The van der Waals surface area contributed by atoms with E-state index >= 15 is 0 Å². The zero-order chi connectivity index (χ0) is 20.1. The number of hydrogen-bond acceptors (Lipinski definition) is 6. The average Bonchev–Trinajstić information content (AvgIpc) is 3.21. The second-order valence-electron chi connectivity index (χ2n) is 6.88. The van der Waals surface area contributed by atoms with Crippen molar-refractivity contribution in [1.29, 1.82) is 0 Å². The molecule has 1 unspecified atom stereocenters. The van der Waals surface area contributed by atoms with Gasteiger partial charge < -0.3 is 11.1 Å². The number of nitrogens with zero attached hydrogens (tertiary/aromatic N) is 5. The molecule has 1 aliphatic heterocycles. The van der Waals surface area contributed by atoms with Gasteiger partial charge in [-0.15, -0.1) is 0 Å². The van der Waals surface area contributed by atoms with Gasteiger partial charge in [0.1, 0.15) is 23.1 Å². The quantitative estimate of drug-likeness (QED) is 0.557. The van der Waals surface area contributed by atoms with E-state index in [1.165, 1.54) is 6.07 Å². The van der Waals surface area contributed by atoms with E-state index in [1.54, 1.807) is 42.1 Å². The molecule has 8 nitrogen and oxygen atoms in total. The van der Waals surface area contributed by atoms with Crippen LogP contribution in [-0.2, 0) is 11.3 Å². The number of rotatable bonds is 3. The number of benzene rings is 1. The molecular weight excluding hydrogens is 373 g/mol. The summed E-state index contributed by atoms with van der Waals surface area (Å²) in [7, 11) is 0. The normalized spacial score (nSPS) is 15.5. The van der Waals surface area contributed by atoms with Crippen molar-refractivity contribution in [2.45, 2.75) is 19.4 Å². The van der Waals surface area contributed by atoms with E-state index in [2.05, 4.69) is 25.4 Å². The van der Waals surface area contributed by atoms with Crippen LogP contribution in [0.1, 0.15) is 24.0 Å². The molecule has 4 aromatic rings. The molecule has 0 bridgehead atoms. The molecule has 0 saturated heterocycles. The van der Waals surface area contributed by atoms with E-state index in [1.807, 2.05) is 6.07 Å². The minimum Gasteiger partial charge on any atom is -0.383 e. The summed E-state index contributed by atoms with van der Waals surface area (Å²) in [5, 5.41) is 8.03. The molecule has 1 aliphatic rings. The third-order valence-electron chi connectivity index (χ3n) is 5.04. The van der Waals surface area contributed by atoms with Gasteiger partial charge in [0, 0.05) is 17.3 Å². The summed E-state index contributed by atoms with van der Waals surface area (Å²) in [4.78, 5) is 25.2. The van der Waals surface area contributed by atoms with Gasteiger partial charge in [-0.2, -0.15) is 5.10 Å². The maximum absolute atomic E-state index is 14.1. The van der Waals surface area contributed by atoms with Crippen LogP contribution in [0.2, 0.25) is 0 Å². The van der Waals surface area contributed by atoms with E-state index in [4.69, 9.17) is 5.73 Å². The van der Waals surface area contributed by atoms with Gasteiger partial charge in [0.05, 0.1) is 17.8 Å². The van der Waals surface area contributed by atoms with Gasteiger partial charge in [-0.25, -0.2) is 24.0 Å². The Morgan fingerprint density at radius 2 is 2.03 bits per heavy atom. The topological polar surface area (TPSA) is 112 Å². The number of hydrogen-bond donors (Lipinski definition) is 2. The predicted molar refractivity (Wildman–Crippen MR) is 106 cm³/mol. The number of aromatic nitrogens is 5. The lowest BCUT2D eigenvalue weighted by molar-refractivity contribution is -0.116. The number of nitrogens with two attached hydrogens (primary N) is 1. The van der Waals surface area contributed by atoms with Gasteiger partial charge in [0.2, 0.25) is 5.91 Å². The van der Waals surface area contributed by atoms with Crippen LogP contribution in [0.5, 0.6) is 0 Å². The summed E-state index contributed by atoms with van der Waals surface area (Å²) in [6.45, 7) is 1.96. The van der Waals surface area contributed by atoms with Crippen molar-refractivity contribution in [1.82, 2.24) is 24.7 Å². The van der Waals surface area contributed by atoms with Crippen molar-refractivity contribution in [3.8, 4) is 11.5 Å². The third-order valence-corrected chi connectivity index (χ3v) is 5.04. The van der Waals surface area contributed by atoms with Crippen LogP contribution in [0.3, 0.4) is 0 Å². The van der Waals surface area contributed by atoms with Gasteiger partial charge in [0.15, 0.2) is 11.5 Å². The minimum absolute atomic E-state index is 0.172. The van der Waals surface area contributed by atoms with E-state index in [0.717, 1.165) is 0 Å². The first-order valence-corrected chi connectivity index (χ1v) is 9.06. The SMILES string of the molecule is CC1C(=O)Nc2nc(-c3nn(Cc4ccccc4F)c4ncccc34)nc(N)c21. The maximum Gasteiger partial charge on any atom is 0.233 e. The van der Waals surface area contributed by atoms with Gasteiger partial charge in [0.25, 0.3) is 0 Å². The third kappa shape index (κ3) is 2.70. The Balaban J connectivity index is 1.66. The molecule has 144 valence electrons. The predicted octanol–water partition coefficient (Wildman–Crippen LogP) is 2.71. The molecule has 1 amide bonds. The monoisotopic (exact) mass is 389 g/mol. The molecule has 3 N–H and O–H groups in total. The van der Waals surface area contributed by atoms with Crippen LogP contribution in [0.15, 0.2) is 42.6 Å². The number of halogens is 1. The molecule has 0 radical (unpaired) electrons. The number of nitrogen functional groups attached to an aromatic ring is 1. The van der Waals surface area contributed by atoms with E-state index in [9.17, 15) is 9.18 Å². The lowest BCUT2D eigenvalue weighted by atomic mass is 10.1. The van der Waals surface area contributed by atoms with Gasteiger partial charge in [-0.3, -0.25) is 4.79 Å². The molecular formula is C20H16FN7O. The van der Waals surface area contributed by atoms with Crippen LogP contribution in [-0.4, -0.2) is 30.6 Å². The smallest absolute Gasteiger partial charge is 0.233 e. The number of anilines is 2. The lowest BCUT2D eigenvalue weighted by Crippen LogP contribution is -2.09. The number of carbonyl (C=O) groups is 1. The van der Waals surface area contributed by atoms with E-state index in [-0.39, 0.29) is 29.9 Å². The van der Waals surface area contributed by atoms with Gasteiger partial charge in [-0.1, -0.05) is 18.2 Å². The average molecular weight is 389 g/mol. The Hall–Kier alpha value is -3.88. The molecule has 0 aliphatic carbocycles. The van der Waals surface area contributed by atoms with E-state index in [0.29, 0.717) is 33.7 Å². The van der Waals surface area contributed by atoms with Crippen LogP contribution in [0.4, 0.5) is 16.0 Å². The number of carbonyl (C=O) groups excluding carboxylic acids is 1. The zero-order valence-corrected chi connectivity index (χ0v) is 15.4. The molecule has 29 heavy (non-hydrogen) atoms. The second kappa shape index (κ2) is 6.33. The Bertz CT molecular complexity index is 1280. The van der Waals surface area contributed by atoms with Crippen molar-refractivity contribution in [3.05, 3.63) is 59.5 Å². The second-order valence-corrected chi connectivity index (χ2v) is 6.88. The van der Waals surface area contributed by atoms with Gasteiger partial charge >= 0.3 is 0 Å². The Kier molecular flexibility index (Phi) is 3.76. The summed E-state index contributed by atoms with van der Waals surface area (Å²) in [5.74, 6) is 0.0114. The molecule has 9 heteroatoms. The van der Waals surface area contributed by atoms with Crippen LogP contribution < -0.4 is 11.1 Å². The molecule has 5 rings (SSSR count). The lowest BCUT2D eigenvalue weighted by Gasteiger charge is -2.06. The van der Waals surface area contributed by atoms with Crippen LogP contribution in [0.25, 0.3) is 22.6 Å². The summed E-state index contributed by atoms with van der Waals surface area (Å²) < 4.78 is 15.7. The summed E-state index contributed by atoms with van der Waals surface area (Å²) in [6.07, 6.45) is 1.64. The number of fused-ring (bicyclic) bond motifs is 2. The molecule has 3 aromatic heterocycles. The Labute approximate surface area is 164 Å². The zero-order valence-electron chi connectivity index (χ0n) is 15.4. The van der Waals surface area contributed by atoms with Crippen molar-refractivity contribution < 1.29 is 9.18 Å². The molecule has 1 aromatic carbocycles. The van der Waals surface area contributed by atoms with Crippen LogP contribution in [0, 0.1) is 5.82 Å². The first-order valence-electron chi connectivity index (χ1n) is 9.06. The Morgan fingerprint density at radius 3 is 2.86 bits per heavy atom. The van der Waals surface area contributed by atoms with Crippen molar-refractivity contribution in [2.24, 2.45) is 0 Å². The summed E-state index contributed by atoms with van der Waals surface area (Å²) >= 11 is 0. The minimum atomic E-state index is -0.406. The van der Waals surface area contributed by atoms with Gasteiger partial charge in [-0.05, 0) is 25.1 Å². The molecule has 0 saturated carbocycles. The highest BCUT2D eigenvalue weighted by Gasteiger charge is 2.32. The first kappa shape index (κ1) is 17.2. The van der Waals surface area contributed by atoms with Crippen molar-refractivity contribution in [3.63, 3.8) is 0 Å². The number of pyridine rings is 1. The highest BCUT2D eigenvalue weighted by molar-refractivity contribution is 6.03. The fourth-order valence-electron chi connectivity index (χ4n) is 3.54. The van der Waals surface area contributed by atoms with Crippen molar-refractivity contribution in [2.75, 3.05) is 11.1 Å². The Morgan fingerprint density at radius 1 is 1.21 bits per heavy atom. The maximum atomic E-state index is 14.1. The molecule has 0 spiro atoms. The summed E-state index contributed by atoms with van der Waals surface area (Å²) in [5.41, 5.74) is 8.23. The highest BCUT2D eigenvalue weighted by Crippen LogP contribution is 2.36. The standard InChI is InChI=1S/C20H16FN7O/c1-10-14-16(22)24-18(25-17(14)26-20(10)29)15-12-6-4-8-23-19(12)28(27-15)9-11-5-2-3-7-13(11)21/h2-8,10H,9H2,1H3,(H3,22,24,25,26,29). The molecule has 4 heterocycles. The molecule has 1 atom stereocenters.